The normalized spacial score (nSPS) is 35.8. The van der Waals surface area contributed by atoms with Crippen LogP contribution in [0.3, 0.4) is 0 Å². The summed E-state index contributed by atoms with van der Waals surface area (Å²) in [4.78, 5) is 2.48. The third-order valence-corrected chi connectivity index (χ3v) is 2.96. The van der Waals surface area contributed by atoms with Crippen molar-refractivity contribution in [2.45, 2.75) is 19.0 Å². The van der Waals surface area contributed by atoms with E-state index in [2.05, 4.69) is 17.1 Å². The average Bonchev–Trinajstić information content (AvgIpc) is 2.23. The number of morpholine rings is 2. The van der Waals surface area contributed by atoms with Gasteiger partial charge in [-0.2, -0.15) is 0 Å². The van der Waals surface area contributed by atoms with E-state index in [-0.39, 0.29) is 0 Å². The van der Waals surface area contributed by atoms with Gasteiger partial charge in [0, 0.05) is 31.7 Å². The lowest BCUT2D eigenvalue weighted by molar-refractivity contribution is -0.0162. The Morgan fingerprint density at radius 3 is 2.86 bits per heavy atom. The molecule has 0 aromatic heterocycles. The molecular weight excluding hydrogens is 180 g/mol. The zero-order valence-electron chi connectivity index (χ0n) is 8.87. The van der Waals surface area contributed by atoms with E-state index in [1.807, 2.05) is 0 Å². The van der Waals surface area contributed by atoms with Crippen molar-refractivity contribution in [1.82, 2.24) is 10.2 Å². The molecular formula is C10H20N2O2. The quantitative estimate of drug-likeness (QED) is 0.663. The monoisotopic (exact) mass is 200 g/mol. The summed E-state index contributed by atoms with van der Waals surface area (Å²) >= 11 is 0. The molecule has 82 valence electrons. The highest BCUT2D eigenvalue weighted by atomic mass is 16.5. The van der Waals surface area contributed by atoms with E-state index in [9.17, 15) is 0 Å². The predicted octanol–water partition coefficient (Wildman–Crippen LogP) is -0.304. The molecule has 0 amide bonds. The molecule has 2 rings (SSSR count). The van der Waals surface area contributed by atoms with Crippen molar-refractivity contribution in [3.63, 3.8) is 0 Å². The average molecular weight is 200 g/mol. The highest BCUT2D eigenvalue weighted by Crippen LogP contribution is 2.07. The molecule has 2 unspecified atom stereocenters. The molecule has 0 spiro atoms. The molecule has 2 aliphatic rings. The highest BCUT2D eigenvalue weighted by Gasteiger charge is 2.23. The molecule has 0 aliphatic carbocycles. The van der Waals surface area contributed by atoms with E-state index in [1.54, 1.807) is 0 Å². The Hall–Kier alpha value is -0.160. The van der Waals surface area contributed by atoms with Crippen molar-refractivity contribution in [3.05, 3.63) is 0 Å². The van der Waals surface area contributed by atoms with Crippen LogP contribution in [0.1, 0.15) is 6.92 Å². The van der Waals surface area contributed by atoms with E-state index in [1.165, 1.54) is 0 Å². The van der Waals surface area contributed by atoms with Crippen molar-refractivity contribution in [2.24, 2.45) is 0 Å². The van der Waals surface area contributed by atoms with Gasteiger partial charge in [0.25, 0.3) is 0 Å². The van der Waals surface area contributed by atoms with Crippen LogP contribution in [0.5, 0.6) is 0 Å². The van der Waals surface area contributed by atoms with Crippen LogP contribution < -0.4 is 5.32 Å². The summed E-state index contributed by atoms with van der Waals surface area (Å²) in [6, 6.07) is 1.05. The van der Waals surface area contributed by atoms with Gasteiger partial charge in [-0.1, -0.05) is 0 Å². The van der Waals surface area contributed by atoms with Crippen molar-refractivity contribution >= 4 is 0 Å². The Morgan fingerprint density at radius 2 is 2.14 bits per heavy atom. The summed E-state index contributed by atoms with van der Waals surface area (Å²) in [5.41, 5.74) is 0. The molecule has 4 nitrogen and oxygen atoms in total. The Labute approximate surface area is 85.5 Å². The van der Waals surface area contributed by atoms with E-state index >= 15 is 0 Å². The second-order valence-electron chi connectivity index (χ2n) is 4.14. The fraction of sp³-hybridized carbons (Fsp3) is 1.00. The molecule has 0 bridgehead atoms. The molecule has 2 aliphatic heterocycles. The zero-order valence-corrected chi connectivity index (χ0v) is 8.87. The maximum absolute atomic E-state index is 5.44. The van der Waals surface area contributed by atoms with Gasteiger partial charge in [-0.3, -0.25) is 4.90 Å². The van der Waals surface area contributed by atoms with Crippen molar-refractivity contribution < 1.29 is 9.47 Å². The summed E-state index contributed by atoms with van der Waals surface area (Å²) in [7, 11) is 0. The minimum Gasteiger partial charge on any atom is -0.379 e. The number of nitrogens with zero attached hydrogens (tertiary/aromatic N) is 1. The maximum Gasteiger partial charge on any atom is 0.0632 e. The van der Waals surface area contributed by atoms with Crippen LogP contribution in [0.25, 0.3) is 0 Å². The second kappa shape index (κ2) is 5.07. The summed E-state index contributed by atoms with van der Waals surface area (Å²) in [6.07, 6.45) is 0. The van der Waals surface area contributed by atoms with Gasteiger partial charge in [-0.25, -0.2) is 0 Å². The second-order valence-corrected chi connectivity index (χ2v) is 4.14. The minimum atomic E-state index is 0.504. The zero-order chi connectivity index (χ0) is 9.80. The maximum atomic E-state index is 5.44. The van der Waals surface area contributed by atoms with E-state index < -0.39 is 0 Å². The largest absolute Gasteiger partial charge is 0.379 e. The van der Waals surface area contributed by atoms with Gasteiger partial charge < -0.3 is 14.8 Å². The first-order valence-electron chi connectivity index (χ1n) is 5.49. The van der Waals surface area contributed by atoms with Crippen molar-refractivity contribution in [1.29, 1.82) is 0 Å². The molecule has 2 fully saturated rings. The molecule has 0 radical (unpaired) electrons. The van der Waals surface area contributed by atoms with Crippen LogP contribution in [0.15, 0.2) is 0 Å². The summed E-state index contributed by atoms with van der Waals surface area (Å²) in [6.45, 7) is 8.81. The van der Waals surface area contributed by atoms with Crippen LogP contribution in [0.4, 0.5) is 0 Å². The molecule has 2 atom stereocenters. The fourth-order valence-corrected chi connectivity index (χ4v) is 2.05. The van der Waals surface area contributed by atoms with Gasteiger partial charge in [0.05, 0.1) is 26.4 Å². The predicted molar refractivity (Wildman–Crippen MR) is 54.5 cm³/mol. The van der Waals surface area contributed by atoms with Gasteiger partial charge in [0.2, 0.25) is 0 Å². The van der Waals surface area contributed by atoms with E-state index in [0.717, 1.165) is 46.1 Å². The Morgan fingerprint density at radius 1 is 1.29 bits per heavy atom. The van der Waals surface area contributed by atoms with Crippen molar-refractivity contribution in [3.8, 4) is 0 Å². The molecule has 0 aromatic rings. The smallest absolute Gasteiger partial charge is 0.0632 e. The third-order valence-electron chi connectivity index (χ3n) is 2.96. The summed E-state index contributed by atoms with van der Waals surface area (Å²) in [5.74, 6) is 0. The van der Waals surface area contributed by atoms with Gasteiger partial charge >= 0.3 is 0 Å². The Bertz CT molecular complexity index is 172. The standard InChI is InChI=1S/C10H20N2O2/c1-9-7-14-5-3-12(9)6-10-8-13-4-2-11-10/h9-11H,2-8H2,1H3. The highest BCUT2D eigenvalue weighted by molar-refractivity contribution is 4.79. The SMILES string of the molecule is CC1COCCN1CC1COCCN1. The first-order valence-corrected chi connectivity index (χ1v) is 5.49. The van der Waals surface area contributed by atoms with E-state index in [0.29, 0.717) is 12.1 Å². The van der Waals surface area contributed by atoms with Gasteiger partial charge in [0.15, 0.2) is 0 Å². The van der Waals surface area contributed by atoms with Crippen LogP contribution in [0.2, 0.25) is 0 Å². The molecule has 0 saturated carbocycles. The molecule has 0 aromatic carbocycles. The van der Waals surface area contributed by atoms with Crippen LogP contribution >= 0.6 is 0 Å². The molecule has 4 heteroatoms. The lowest BCUT2D eigenvalue weighted by atomic mass is 10.2. The molecule has 14 heavy (non-hydrogen) atoms. The number of ether oxygens (including phenoxy) is 2. The third kappa shape index (κ3) is 2.67. The van der Waals surface area contributed by atoms with E-state index in [4.69, 9.17) is 9.47 Å². The topological polar surface area (TPSA) is 33.7 Å². The number of nitrogens with one attached hydrogen (secondary N) is 1. The lowest BCUT2D eigenvalue weighted by Gasteiger charge is -2.37. The summed E-state index contributed by atoms with van der Waals surface area (Å²) < 4.78 is 10.8. The molecule has 2 heterocycles. The minimum absolute atomic E-state index is 0.504. The number of rotatable bonds is 2. The first-order chi connectivity index (χ1) is 6.86. The number of hydrogen-bond acceptors (Lipinski definition) is 4. The van der Waals surface area contributed by atoms with Crippen LogP contribution in [0, 0.1) is 0 Å². The summed E-state index contributed by atoms with van der Waals surface area (Å²) in [5, 5.41) is 3.48. The van der Waals surface area contributed by atoms with Crippen LogP contribution in [-0.2, 0) is 9.47 Å². The van der Waals surface area contributed by atoms with Gasteiger partial charge in [0.1, 0.15) is 0 Å². The van der Waals surface area contributed by atoms with Crippen LogP contribution in [-0.4, -0.2) is 63.0 Å². The first kappa shape index (κ1) is 10.4. The Kier molecular flexibility index (Phi) is 3.75. The fourth-order valence-electron chi connectivity index (χ4n) is 2.05. The number of hydrogen-bond donors (Lipinski definition) is 1. The lowest BCUT2D eigenvalue weighted by Crippen LogP contribution is -2.53. The Balaban J connectivity index is 1.76. The van der Waals surface area contributed by atoms with Crippen molar-refractivity contribution in [2.75, 3.05) is 46.1 Å². The molecule has 2 saturated heterocycles. The molecule has 1 N–H and O–H groups in total. The van der Waals surface area contributed by atoms with Gasteiger partial charge in [-0.15, -0.1) is 0 Å². The van der Waals surface area contributed by atoms with Gasteiger partial charge in [-0.05, 0) is 6.92 Å².